The Morgan fingerprint density at radius 2 is 1.83 bits per heavy atom. The third-order valence-corrected chi connectivity index (χ3v) is 5.31. The fourth-order valence-corrected chi connectivity index (χ4v) is 3.84. The molecule has 0 amide bonds. The minimum absolute atomic E-state index is 0.0348. The molecule has 100 valence electrons. The zero-order chi connectivity index (χ0) is 13.4. The van der Waals surface area contributed by atoms with E-state index in [0.717, 1.165) is 36.8 Å². The molecule has 0 atom stereocenters. The first kappa shape index (κ1) is 13.6. The van der Waals surface area contributed by atoms with Gasteiger partial charge in [0.05, 0.1) is 12.0 Å². The van der Waals surface area contributed by atoms with Crippen LogP contribution in [0.3, 0.4) is 0 Å². The first-order chi connectivity index (χ1) is 8.39. The monoisotopic (exact) mass is 268 g/mol. The van der Waals surface area contributed by atoms with Gasteiger partial charge in [-0.2, -0.15) is 8.42 Å². The molecular weight excluding hydrogens is 248 g/mol. The summed E-state index contributed by atoms with van der Waals surface area (Å²) in [6.45, 7) is 4.15. The number of aryl methyl sites for hydroxylation is 1. The summed E-state index contributed by atoms with van der Waals surface area (Å²) in [7, 11) is -2.40. The van der Waals surface area contributed by atoms with Crippen molar-refractivity contribution in [3.63, 3.8) is 0 Å². The van der Waals surface area contributed by atoms with Gasteiger partial charge in [0.15, 0.2) is 0 Å². The van der Waals surface area contributed by atoms with E-state index in [9.17, 15) is 8.42 Å². The van der Waals surface area contributed by atoms with Gasteiger partial charge in [0.2, 0.25) is 0 Å². The van der Waals surface area contributed by atoms with Gasteiger partial charge in [-0.25, -0.2) is 0 Å². The van der Waals surface area contributed by atoms with Crippen LogP contribution in [0.2, 0.25) is 0 Å². The van der Waals surface area contributed by atoms with E-state index in [4.69, 9.17) is 0 Å². The van der Waals surface area contributed by atoms with Gasteiger partial charge in [-0.3, -0.25) is 4.18 Å². The lowest BCUT2D eigenvalue weighted by Crippen LogP contribution is -2.21. The quantitative estimate of drug-likeness (QED) is 0.791. The summed E-state index contributed by atoms with van der Waals surface area (Å²) < 4.78 is 28.7. The Labute approximate surface area is 109 Å². The molecule has 0 bridgehead atoms. The van der Waals surface area contributed by atoms with Crippen LogP contribution >= 0.6 is 0 Å². The minimum atomic E-state index is -3.62. The molecule has 0 heterocycles. The van der Waals surface area contributed by atoms with Crippen LogP contribution in [0.5, 0.6) is 0 Å². The molecule has 3 nitrogen and oxygen atoms in total. The lowest BCUT2D eigenvalue weighted by atomic mass is 9.80. The van der Waals surface area contributed by atoms with Crippen molar-refractivity contribution in [2.24, 2.45) is 0 Å². The SMILES string of the molecule is COS(=O)(=O)c1ccc(C)cc1C1(C)CCCC1. The minimum Gasteiger partial charge on any atom is -0.270 e. The average molecular weight is 268 g/mol. The van der Waals surface area contributed by atoms with Crippen molar-refractivity contribution in [2.75, 3.05) is 7.11 Å². The highest BCUT2D eigenvalue weighted by Crippen LogP contribution is 2.43. The third-order valence-electron chi connectivity index (χ3n) is 3.98. The number of hydrogen-bond donors (Lipinski definition) is 0. The Morgan fingerprint density at radius 1 is 1.22 bits per heavy atom. The molecule has 1 aromatic rings. The molecule has 0 aliphatic heterocycles. The highest BCUT2D eigenvalue weighted by atomic mass is 32.2. The summed E-state index contributed by atoms with van der Waals surface area (Å²) in [6, 6.07) is 5.50. The zero-order valence-corrected chi connectivity index (χ0v) is 12.0. The van der Waals surface area contributed by atoms with Gasteiger partial charge in [-0.05, 0) is 36.8 Å². The van der Waals surface area contributed by atoms with Gasteiger partial charge in [-0.15, -0.1) is 0 Å². The van der Waals surface area contributed by atoms with E-state index in [0.29, 0.717) is 4.90 Å². The maximum Gasteiger partial charge on any atom is 0.297 e. The largest absolute Gasteiger partial charge is 0.297 e. The fourth-order valence-electron chi connectivity index (χ4n) is 2.85. The van der Waals surface area contributed by atoms with Crippen molar-refractivity contribution in [1.82, 2.24) is 0 Å². The topological polar surface area (TPSA) is 43.4 Å². The van der Waals surface area contributed by atoms with Crippen LogP contribution in [0.4, 0.5) is 0 Å². The van der Waals surface area contributed by atoms with Crippen LogP contribution in [0, 0.1) is 6.92 Å². The fraction of sp³-hybridized carbons (Fsp3) is 0.571. The van der Waals surface area contributed by atoms with Crippen LogP contribution in [0.15, 0.2) is 23.1 Å². The third kappa shape index (κ3) is 2.31. The molecule has 1 aromatic carbocycles. The Hall–Kier alpha value is -0.870. The smallest absolute Gasteiger partial charge is 0.270 e. The van der Waals surface area contributed by atoms with E-state index in [2.05, 4.69) is 11.1 Å². The Morgan fingerprint density at radius 3 is 2.39 bits per heavy atom. The van der Waals surface area contributed by atoms with E-state index >= 15 is 0 Å². The predicted octanol–water partition coefficient (Wildman–Crippen LogP) is 3.16. The van der Waals surface area contributed by atoms with E-state index < -0.39 is 10.1 Å². The molecule has 0 spiro atoms. The van der Waals surface area contributed by atoms with E-state index in [1.54, 1.807) is 6.07 Å². The maximum atomic E-state index is 12.0. The second-order valence-corrected chi connectivity index (χ2v) is 7.07. The molecule has 18 heavy (non-hydrogen) atoms. The summed E-state index contributed by atoms with van der Waals surface area (Å²) in [5.74, 6) is 0. The van der Waals surface area contributed by atoms with Gasteiger partial charge in [0.1, 0.15) is 0 Å². The predicted molar refractivity (Wildman–Crippen MR) is 71.2 cm³/mol. The van der Waals surface area contributed by atoms with Crippen molar-refractivity contribution in [3.05, 3.63) is 29.3 Å². The highest BCUT2D eigenvalue weighted by Gasteiger charge is 2.35. The molecule has 1 fully saturated rings. The molecule has 4 heteroatoms. The van der Waals surface area contributed by atoms with Gasteiger partial charge < -0.3 is 0 Å². The lowest BCUT2D eigenvalue weighted by molar-refractivity contribution is 0.392. The summed E-state index contributed by atoms with van der Waals surface area (Å²) in [4.78, 5) is 0.333. The Kier molecular flexibility index (Phi) is 3.52. The summed E-state index contributed by atoms with van der Waals surface area (Å²) in [5, 5.41) is 0. The molecule has 0 N–H and O–H groups in total. The normalized spacial score (nSPS) is 19.1. The van der Waals surface area contributed by atoms with Crippen molar-refractivity contribution in [2.45, 2.75) is 49.8 Å². The molecular formula is C14H20O3S. The summed E-state index contributed by atoms with van der Waals surface area (Å²) in [5.41, 5.74) is 1.97. The molecule has 0 aromatic heterocycles. The number of benzene rings is 1. The summed E-state index contributed by atoms with van der Waals surface area (Å²) >= 11 is 0. The lowest BCUT2D eigenvalue weighted by Gasteiger charge is -2.27. The number of hydrogen-bond acceptors (Lipinski definition) is 3. The second-order valence-electron chi connectivity index (χ2n) is 5.39. The van der Waals surface area contributed by atoms with Crippen LogP contribution in [-0.2, 0) is 19.7 Å². The zero-order valence-electron chi connectivity index (χ0n) is 11.2. The van der Waals surface area contributed by atoms with Gasteiger partial charge in [0, 0.05) is 0 Å². The average Bonchev–Trinajstić information content (AvgIpc) is 2.77. The standard InChI is InChI=1S/C14H20O3S/c1-11-6-7-13(18(15,16)17-3)12(10-11)14(2)8-4-5-9-14/h6-7,10H,4-5,8-9H2,1-3H3. The molecule has 0 saturated heterocycles. The molecule has 1 saturated carbocycles. The first-order valence-electron chi connectivity index (χ1n) is 6.31. The van der Waals surface area contributed by atoms with Crippen LogP contribution in [0.1, 0.15) is 43.7 Å². The van der Waals surface area contributed by atoms with Gasteiger partial charge >= 0.3 is 0 Å². The molecule has 0 radical (unpaired) electrons. The van der Waals surface area contributed by atoms with Gasteiger partial charge in [-0.1, -0.05) is 37.5 Å². The van der Waals surface area contributed by atoms with Gasteiger partial charge in [0.25, 0.3) is 10.1 Å². The molecule has 0 unspecified atom stereocenters. The molecule has 1 aliphatic rings. The Balaban J connectivity index is 2.61. The highest BCUT2D eigenvalue weighted by molar-refractivity contribution is 7.86. The van der Waals surface area contributed by atoms with E-state index in [1.807, 2.05) is 19.1 Å². The van der Waals surface area contributed by atoms with Crippen LogP contribution in [0.25, 0.3) is 0 Å². The first-order valence-corrected chi connectivity index (χ1v) is 7.72. The van der Waals surface area contributed by atoms with Crippen molar-refractivity contribution >= 4 is 10.1 Å². The van der Waals surface area contributed by atoms with E-state index in [-0.39, 0.29) is 5.41 Å². The summed E-state index contributed by atoms with van der Waals surface area (Å²) in [6.07, 6.45) is 4.42. The van der Waals surface area contributed by atoms with Crippen LogP contribution in [-0.4, -0.2) is 15.5 Å². The van der Waals surface area contributed by atoms with Crippen molar-refractivity contribution in [3.8, 4) is 0 Å². The maximum absolute atomic E-state index is 12.0. The van der Waals surface area contributed by atoms with Crippen LogP contribution < -0.4 is 0 Å². The Bertz CT molecular complexity index is 540. The molecule has 2 rings (SSSR count). The second kappa shape index (κ2) is 4.67. The van der Waals surface area contributed by atoms with E-state index in [1.165, 1.54) is 7.11 Å². The van der Waals surface area contributed by atoms with Crippen molar-refractivity contribution in [1.29, 1.82) is 0 Å². The van der Waals surface area contributed by atoms with Crippen molar-refractivity contribution < 1.29 is 12.6 Å². The molecule has 1 aliphatic carbocycles. The number of rotatable bonds is 3.